The summed E-state index contributed by atoms with van der Waals surface area (Å²) in [5, 5.41) is 0. The minimum absolute atomic E-state index is 0.167. The van der Waals surface area contributed by atoms with Crippen molar-refractivity contribution in [3.63, 3.8) is 0 Å². The molecule has 0 spiro atoms. The van der Waals surface area contributed by atoms with Gasteiger partial charge in [0.2, 0.25) is 30.1 Å². The molecule has 12 heteroatoms. The number of fused-ring (bicyclic) bond motifs is 21. The van der Waals surface area contributed by atoms with Crippen LogP contribution >= 0.6 is 0 Å². The smallest absolute Gasteiger partial charge is 0.207 e. The quantitative estimate of drug-likeness (QED) is 0.164. The Hall–Kier alpha value is -7.29. The van der Waals surface area contributed by atoms with Crippen molar-refractivity contribution >= 4 is 30.1 Å². The fourth-order valence-electron chi connectivity index (χ4n) is 12.5. The van der Waals surface area contributed by atoms with E-state index in [1.165, 1.54) is 0 Å². The van der Waals surface area contributed by atoms with E-state index < -0.39 is 30.1 Å². The van der Waals surface area contributed by atoms with Gasteiger partial charge in [0.05, 0.1) is 14.7 Å². The molecule has 9 aromatic rings. The van der Waals surface area contributed by atoms with Crippen molar-refractivity contribution in [3.05, 3.63) is 231 Å². The number of rotatable bonds is 6. The van der Waals surface area contributed by atoms with E-state index in [2.05, 4.69) is 112 Å². The van der Waals surface area contributed by atoms with Crippen LogP contribution < -0.4 is 0 Å². The Morgan fingerprint density at radius 1 is 0.282 bits per heavy atom. The zero-order chi connectivity index (χ0) is 54.2. The predicted octanol–water partition coefficient (Wildman–Crippen LogP) is 14.0. The summed E-state index contributed by atoms with van der Waals surface area (Å²) in [6, 6.07) is 53.3. The van der Waals surface area contributed by atoms with Gasteiger partial charge in [-0.05, 0) is 213 Å². The first kappa shape index (κ1) is 50.2. The van der Waals surface area contributed by atoms with Crippen molar-refractivity contribution in [1.82, 2.24) is 12.9 Å². The number of benzene rings is 9. The van der Waals surface area contributed by atoms with Crippen LogP contribution in [0.5, 0.6) is 0 Å². The molecule has 6 bridgehead atoms. The molecule has 0 amide bonds. The van der Waals surface area contributed by atoms with Crippen molar-refractivity contribution in [2.45, 2.75) is 95.5 Å². The molecule has 3 heterocycles. The molecular weight excluding hydrogens is 1030 g/mol. The highest BCUT2D eigenvalue weighted by Crippen LogP contribution is 2.50. The topological polar surface area (TPSA) is 112 Å². The second kappa shape index (κ2) is 18.4. The molecule has 0 atom stereocenters. The highest BCUT2D eigenvalue weighted by Gasteiger charge is 2.38. The third-order valence-corrected chi connectivity index (χ3v) is 22.1. The summed E-state index contributed by atoms with van der Waals surface area (Å²) >= 11 is 0. The third kappa shape index (κ3) is 8.14. The number of hydrogen-bond donors (Lipinski definition) is 0. The summed E-state index contributed by atoms with van der Waals surface area (Å²) in [7, 11) is -11.7. The summed E-state index contributed by atoms with van der Waals surface area (Å²) in [4.78, 5) is 0.752. The standard InChI is InChI=1S/C66H57N3O6S3/c1-40-16-22-52(23-17-40)76(70,71)67-34-58-43(4)28-55-46-10-8-14-50(32-46)65-57(30-45(6)60-36-68(38-62(60)65)77(72,73)53-24-18-41(2)19-25-53)48-12-9-15-51(33-48)66-56(47-11-7-13-49(31-47)64(55)61(58)37-67)29-44(5)59-35-69(39-63(59)66)78(74,75)54-26-20-42(3)21-27-54/h7-33H,34-39H2,1-6H3. The van der Waals surface area contributed by atoms with Crippen LogP contribution in [-0.4, -0.2) is 38.2 Å². The molecule has 1 aliphatic carbocycles. The van der Waals surface area contributed by atoms with Crippen molar-refractivity contribution < 1.29 is 25.3 Å². The van der Waals surface area contributed by atoms with Crippen molar-refractivity contribution in [2.75, 3.05) is 0 Å². The van der Waals surface area contributed by atoms with E-state index >= 15 is 0 Å². The molecular formula is C66H57N3O6S3. The maximum atomic E-state index is 14.6. The monoisotopic (exact) mass is 1080 g/mol. The number of hydrogen-bond acceptors (Lipinski definition) is 6. The summed E-state index contributed by atoms with van der Waals surface area (Å²) in [5.41, 5.74) is 22.8. The maximum absolute atomic E-state index is 14.6. The minimum Gasteiger partial charge on any atom is -0.207 e. The Labute approximate surface area is 458 Å². The van der Waals surface area contributed by atoms with Crippen molar-refractivity contribution in [2.24, 2.45) is 0 Å². The SMILES string of the molecule is Cc1ccc(S(=O)(=O)N2Cc3c(C)cc4c(c3C2)-c2cccc(c2)-c2cc(C)c3c(c2-c2cccc(c2)-c2cc(C)c5c(c2-c2cccc-4c2)CN(S(=O)(=O)c2ccc(C)cc2)C5)CN(S(=O)(=O)c2ccc(C)cc2)C3)cc1. The summed E-state index contributed by atoms with van der Waals surface area (Å²) in [6.07, 6.45) is 0. The van der Waals surface area contributed by atoms with Gasteiger partial charge >= 0.3 is 0 Å². The van der Waals surface area contributed by atoms with E-state index in [1.54, 1.807) is 49.3 Å². The number of aryl methyl sites for hydroxylation is 6. The molecule has 78 heavy (non-hydrogen) atoms. The van der Waals surface area contributed by atoms with Crippen LogP contribution in [0.2, 0.25) is 0 Å². The van der Waals surface area contributed by atoms with Gasteiger partial charge < -0.3 is 0 Å². The van der Waals surface area contributed by atoms with E-state index in [0.717, 1.165) is 134 Å². The van der Waals surface area contributed by atoms with Gasteiger partial charge in [0.15, 0.2) is 0 Å². The minimum atomic E-state index is -3.89. The number of sulfonamides is 3. The Kier molecular flexibility index (Phi) is 11.9. The van der Waals surface area contributed by atoms with Crippen LogP contribution in [0.1, 0.15) is 66.8 Å². The molecule has 0 saturated carbocycles. The van der Waals surface area contributed by atoms with E-state index in [4.69, 9.17) is 0 Å². The molecule has 4 aliphatic rings. The van der Waals surface area contributed by atoms with Crippen molar-refractivity contribution in [1.29, 1.82) is 0 Å². The first-order valence-corrected chi connectivity index (χ1v) is 30.7. The molecule has 0 radical (unpaired) electrons. The highest BCUT2D eigenvalue weighted by molar-refractivity contribution is 7.89. The van der Waals surface area contributed by atoms with E-state index in [0.29, 0.717) is 0 Å². The van der Waals surface area contributed by atoms with Crippen molar-refractivity contribution in [3.8, 4) is 66.8 Å². The van der Waals surface area contributed by atoms with E-state index in [1.807, 2.05) is 57.2 Å². The van der Waals surface area contributed by atoms with Gasteiger partial charge in [-0.3, -0.25) is 0 Å². The number of nitrogens with zero attached hydrogens (tertiary/aromatic N) is 3. The second-order valence-electron chi connectivity index (χ2n) is 21.7. The van der Waals surface area contributed by atoms with Gasteiger partial charge in [-0.15, -0.1) is 0 Å². The second-order valence-corrected chi connectivity index (χ2v) is 27.5. The fourth-order valence-corrected chi connectivity index (χ4v) is 16.6. The Bertz CT molecular complexity index is 3930. The third-order valence-electron chi connectivity index (χ3n) is 16.7. The lowest BCUT2D eigenvalue weighted by molar-refractivity contribution is 0.431. The van der Waals surface area contributed by atoms with E-state index in [-0.39, 0.29) is 54.0 Å². The fraction of sp³-hybridized carbons (Fsp3) is 0.182. The Morgan fingerprint density at radius 2 is 0.513 bits per heavy atom. The Balaban J connectivity index is 1.07. The Morgan fingerprint density at radius 3 is 0.769 bits per heavy atom. The van der Waals surface area contributed by atoms with Crippen LogP contribution in [0, 0.1) is 41.5 Å². The van der Waals surface area contributed by atoms with Gasteiger partial charge in [-0.25, -0.2) is 25.3 Å². The summed E-state index contributed by atoms with van der Waals surface area (Å²) in [5.74, 6) is 0. The lowest BCUT2D eigenvalue weighted by atomic mass is 9.83. The molecule has 0 saturated heterocycles. The average Bonchev–Trinajstić information content (AvgIpc) is 4.41. The molecule has 9 nitrogen and oxygen atoms in total. The zero-order valence-corrected chi connectivity index (χ0v) is 46.8. The largest absolute Gasteiger partial charge is 0.243 e. The van der Waals surface area contributed by atoms with Gasteiger partial charge in [-0.1, -0.05) is 126 Å². The van der Waals surface area contributed by atoms with E-state index in [9.17, 15) is 25.3 Å². The molecule has 0 unspecified atom stereocenters. The highest BCUT2D eigenvalue weighted by atomic mass is 32.2. The molecule has 9 aromatic carbocycles. The van der Waals surface area contributed by atoms with Gasteiger partial charge in [-0.2, -0.15) is 12.9 Å². The van der Waals surface area contributed by atoms with Gasteiger partial charge in [0.25, 0.3) is 0 Å². The lowest BCUT2D eigenvalue weighted by Gasteiger charge is -2.20. The van der Waals surface area contributed by atoms with Crippen LogP contribution in [0.4, 0.5) is 0 Å². The first-order chi connectivity index (χ1) is 37.3. The molecule has 0 N–H and O–H groups in total. The predicted molar refractivity (Wildman–Crippen MR) is 310 cm³/mol. The summed E-state index contributed by atoms with van der Waals surface area (Å²) < 4.78 is 92.4. The normalized spacial score (nSPS) is 15.2. The van der Waals surface area contributed by atoms with Crippen LogP contribution in [0.15, 0.2) is 178 Å². The summed E-state index contributed by atoms with van der Waals surface area (Å²) in [6.45, 7) is 13.2. The molecule has 0 aromatic heterocycles. The van der Waals surface area contributed by atoms with Crippen LogP contribution in [0.25, 0.3) is 66.8 Å². The molecule has 0 fully saturated rings. The lowest BCUT2D eigenvalue weighted by Crippen LogP contribution is -2.25. The van der Waals surface area contributed by atoms with Crippen LogP contribution in [0.3, 0.4) is 0 Å². The average molecular weight is 1080 g/mol. The maximum Gasteiger partial charge on any atom is 0.243 e. The molecule has 390 valence electrons. The van der Waals surface area contributed by atoms with Gasteiger partial charge in [0.1, 0.15) is 0 Å². The zero-order valence-electron chi connectivity index (χ0n) is 44.3. The van der Waals surface area contributed by atoms with Gasteiger partial charge in [0, 0.05) is 39.3 Å². The molecule has 3 aliphatic heterocycles. The van der Waals surface area contributed by atoms with Crippen LogP contribution in [-0.2, 0) is 69.3 Å². The first-order valence-electron chi connectivity index (χ1n) is 26.3. The molecule has 13 rings (SSSR count).